The number of hydrogen-bond donors (Lipinski definition) is 2. The molecule has 0 saturated heterocycles. The summed E-state index contributed by atoms with van der Waals surface area (Å²) in [7, 11) is -3.50. The Morgan fingerprint density at radius 2 is 1.68 bits per heavy atom. The molecular weight excluding hydrogens is 302 g/mol. The van der Waals surface area contributed by atoms with Gasteiger partial charge < -0.3 is 5.11 Å². The highest BCUT2D eigenvalue weighted by atomic mass is 32.2. The van der Waals surface area contributed by atoms with Gasteiger partial charge in [-0.1, -0.05) is 42.5 Å². The molecule has 2 N–H and O–H groups in total. The van der Waals surface area contributed by atoms with E-state index in [-0.39, 0.29) is 5.75 Å². The maximum Gasteiger partial charge on any atom is 0.310 e. The van der Waals surface area contributed by atoms with Gasteiger partial charge in [0.05, 0.1) is 11.7 Å². The summed E-state index contributed by atoms with van der Waals surface area (Å²) in [6.07, 6.45) is 0. The normalized spacial score (nSPS) is 12.6. The fourth-order valence-corrected chi connectivity index (χ4v) is 3.19. The molecule has 1 atom stereocenters. The summed E-state index contributed by atoms with van der Waals surface area (Å²) in [6, 6.07) is 15.2. The number of anilines is 1. The van der Waals surface area contributed by atoms with E-state index in [1.54, 1.807) is 55.5 Å². The van der Waals surface area contributed by atoms with Gasteiger partial charge in [-0.05, 0) is 30.2 Å². The molecule has 0 bridgehead atoms. The standard InChI is InChI=1S/C16H17NO4S/c1-12(16(18)19)14-7-9-15(10-8-14)17-22(20,21)11-13-5-3-2-4-6-13/h2-10,12,17H,11H2,1H3,(H,18,19). The average Bonchev–Trinajstić information content (AvgIpc) is 2.47. The molecule has 2 rings (SSSR count). The van der Waals surface area contributed by atoms with Crippen molar-refractivity contribution in [2.45, 2.75) is 18.6 Å². The lowest BCUT2D eigenvalue weighted by Crippen LogP contribution is -2.15. The van der Waals surface area contributed by atoms with Gasteiger partial charge in [-0.25, -0.2) is 8.42 Å². The zero-order valence-electron chi connectivity index (χ0n) is 12.1. The minimum Gasteiger partial charge on any atom is -0.481 e. The molecule has 0 heterocycles. The lowest BCUT2D eigenvalue weighted by molar-refractivity contribution is -0.138. The highest BCUT2D eigenvalue weighted by Crippen LogP contribution is 2.19. The molecule has 5 nitrogen and oxygen atoms in total. The van der Waals surface area contributed by atoms with Gasteiger partial charge in [0.15, 0.2) is 0 Å². The van der Waals surface area contributed by atoms with E-state index in [2.05, 4.69) is 4.72 Å². The molecule has 0 saturated carbocycles. The summed E-state index contributed by atoms with van der Waals surface area (Å²) in [4.78, 5) is 10.9. The minimum atomic E-state index is -3.50. The number of nitrogens with one attached hydrogen (secondary N) is 1. The third kappa shape index (κ3) is 4.33. The molecular formula is C16H17NO4S. The zero-order chi connectivity index (χ0) is 16.2. The lowest BCUT2D eigenvalue weighted by atomic mass is 10.0. The number of aliphatic carboxylic acids is 1. The van der Waals surface area contributed by atoms with E-state index >= 15 is 0 Å². The van der Waals surface area contributed by atoms with Crippen molar-refractivity contribution in [3.05, 3.63) is 65.7 Å². The number of rotatable bonds is 6. The molecule has 2 aromatic carbocycles. The molecule has 0 spiro atoms. The number of carbonyl (C=O) groups is 1. The topological polar surface area (TPSA) is 83.5 Å². The van der Waals surface area contributed by atoms with Crippen LogP contribution in [0.15, 0.2) is 54.6 Å². The Morgan fingerprint density at radius 1 is 1.09 bits per heavy atom. The lowest BCUT2D eigenvalue weighted by Gasteiger charge is -2.10. The van der Waals surface area contributed by atoms with Crippen molar-refractivity contribution < 1.29 is 18.3 Å². The molecule has 0 amide bonds. The molecule has 22 heavy (non-hydrogen) atoms. The maximum atomic E-state index is 12.1. The van der Waals surface area contributed by atoms with Crippen molar-refractivity contribution in [2.24, 2.45) is 0 Å². The number of sulfonamides is 1. The highest BCUT2D eigenvalue weighted by molar-refractivity contribution is 7.91. The van der Waals surface area contributed by atoms with Gasteiger partial charge in [0, 0.05) is 5.69 Å². The second-order valence-corrected chi connectivity index (χ2v) is 6.75. The Labute approximate surface area is 129 Å². The van der Waals surface area contributed by atoms with Crippen molar-refractivity contribution >= 4 is 21.7 Å². The first-order valence-corrected chi connectivity index (χ1v) is 8.40. The van der Waals surface area contributed by atoms with E-state index in [0.717, 1.165) is 0 Å². The van der Waals surface area contributed by atoms with E-state index in [4.69, 9.17) is 5.11 Å². The van der Waals surface area contributed by atoms with Crippen LogP contribution in [0.1, 0.15) is 24.0 Å². The van der Waals surface area contributed by atoms with Crippen LogP contribution in [0.3, 0.4) is 0 Å². The fourth-order valence-electron chi connectivity index (χ4n) is 1.99. The summed E-state index contributed by atoms with van der Waals surface area (Å²) >= 11 is 0. The van der Waals surface area contributed by atoms with Crippen LogP contribution in [-0.2, 0) is 20.6 Å². The monoisotopic (exact) mass is 319 g/mol. The predicted molar refractivity (Wildman–Crippen MR) is 85.2 cm³/mol. The zero-order valence-corrected chi connectivity index (χ0v) is 12.9. The maximum absolute atomic E-state index is 12.1. The highest BCUT2D eigenvalue weighted by Gasteiger charge is 2.15. The summed E-state index contributed by atoms with van der Waals surface area (Å²) in [5, 5.41) is 8.94. The molecule has 0 aromatic heterocycles. The molecule has 1 unspecified atom stereocenters. The van der Waals surface area contributed by atoms with Gasteiger partial charge in [-0.3, -0.25) is 9.52 Å². The van der Waals surface area contributed by atoms with Crippen molar-refractivity contribution in [3.8, 4) is 0 Å². The third-order valence-electron chi connectivity index (χ3n) is 3.25. The molecule has 0 aliphatic heterocycles. The molecule has 116 valence electrons. The Bertz CT molecular complexity index is 739. The summed E-state index contributed by atoms with van der Waals surface area (Å²) in [6.45, 7) is 1.58. The number of carboxylic acid groups (broad SMARTS) is 1. The van der Waals surface area contributed by atoms with E-state index in [9.17, 15) is 13.2 Å². The SMILES string of the molecule is CC(C(=O)O)c1ccc(NS(=O)(=O)Cc2ccccc2)cc1. The first-order valence-electron chi connectivity index (χ1n) is 6.74. The van der Waals surface area contributed by atoms with Gasteiger partial charge >= 0.3 is 5.97 Å². The van der Waals surface area contributed by atoms with Crippen LogP contribution >= 0.6 is 0 Å². The van der Waals surface area contributed by atoms with Crippen LogP contribution in [0.2, 0.25) is 0 Å². The molecule has 0 radical (unpaired) electrons. The van der Waals surface area contributed by atoms with E-state index in [0.29, 0.717) is 16.8 Å². The smallest absolute Gasteiger partial charge is 0.310 e. The molecule has 0 aliphatic carbocycles. The van der Waals surface area contributed by atoms with Crippen molar-refractivity contribution in [3.63, 3.8) is 0 Å². The van der Waals surface area contributed by atoms with Crippen molar-refractivity contribution in [1.82, 2.24) is 0 Å². The molecule has 6 heteroatoms. The minimum absolute atomic E-state index is 0.110. The van der Waals surface area contributed by atoms with Gasteiger partial charge in [-0.15, -0.1) is 0 Å². The third-order valence-corrected chi connectivity index (χ3v) is 4.51. The molecule has 2 aromatic rings. The van der Waals surface area contributed by atoms with Gasteiger partial charge in [0.1, 0.15) is 0 Å². The van der Waals surface area contributed by atoms with Crippen LogP contribution in [-0.4, -0.2) is 19.5 Å². The van der Waals surface area contributed by atoms with Gasteiger partial charge in [0.2, 0.25) is 10.0 Å². The summed E-state index contributed by atoms with van der Waals surface area (Å²) in [5.41, 5.74) is 1.74. The Morgan fingerprint density at radius 3 is 2.23 bits per heavy atom. The van der Waals surface area contributed by atoms with Crippen LogP contribution < -0.4 is 4.72 Å². The molecule has 0 aliphatic rings. The first-order chi connectivity index (χ1) is 10.4. The van der Waals surface area contributed by atoms with Crippen molar-refractivity contribution in [2.75, 3.05) is 4.72 Å². The quantitative estimate of drug-likeness (QED) is 0.857. The van der Waals surface area contributed by atoms with E-state index in [1.165, 1.54) is 0 Å². The fraction of sp³-hybridized carbons (Fsp3) is 0.188. The Hall–Kier alpha value is -2.34. The van der Waals surface area contributed by atoms with E-state index < -0.39 is 21.9 Å². The number of carboxylic acids is 1. The summed E-state index contributed by atoms with van der Waals surface area (Å²) in [5.74, 6) is -1.66. The summed E-state index contributed by atoms with van der Waals surface area (Å²) < 4.78 is 26.7. The van der Waals surface area contributed by atoms with Crippen LogP contribution in [0.4, 0.5) is 5.69 Å². The second-order valence-electron chi connectivity index (χ2n) is 5.03. The van der Waals surface area contributed by atoms with Crippen molar-refractivity contribution in [1.29, 1.82) is 0 Å². The second kappa shape index (κ2) is 6.62. The van der Waals surface area contributed by atoms with Crippen LogP contribution in [0, 0.1) is 0 Å². The van der Waals surface area contributed by atoms with Gasteiger partial charge in [0.25, 0.3) is 0 Å². The largest absolute Gasteiger partial charge is 0.481 e. The van der Waals surface area contributed by atoms with Gasteiger partial charge in [-0.2, -0.15) is 0 Å². The van der Waals surface area contributed by atoms with Crippen LogP contribution in [0.25, 0.3) is 0 Å². The predicted octanol–water partition coefficient (Wildman–Crippen LogP) is 2.82. The molecule has 0 fully saturated rings. The first kappa shape index (κ1) is 16.0. The number of benzene rings is 2. The Kier molecular flexibility index (Phi) is 4.82. The van der Waals surface area contributed by atoms with Crippen LogP contribution in [0.5, 0.6) is 0 Å². The number of hydrogen-bond acceptors (Lipinski definition) is 3. The average molecular weight is 319 g/mol. The van der Waals surface area contributed by atoms with E-state index in [1.807, 2.05) is 6.07 Å². The Balaban J connectivity index is 2.08.